The fourth-order valence-corrected chi connectivity index (χ4v) is 5.83. The van der Waals surface area contributed by atoms with Crippen LogP contribution in [0.1, 0.15) is 87.8 Å². The summed E-state index contributed by atoms with van der Waals surface area (Å²) in [6.45, 7) is 1.14. The number of likely N-dealkylation sites (tertiary alicyclic amines) is 1. The normalized spacial score (nSPS) is 19.6. The molecule has 6 rings (SSSR count). The van der Waals surface area contributed by atoms with Gasteiger partial charge in [0.2, 0.25) is 0 Å². The van der Waals surface area contributed by atoms with Crippen molar-refractivity contribution in [2.24, 2.45) is 0 Å². The van der Waals surface area contributed by atoms with Gasteiger partial charge in [0.25, 0.3) is 17.7 Å². The van der Waals surface area contributed by atoms with Gasteiger partial charge in [-0.2, -0.15) is 0 Å². The summed E-state index contributed by atoms with van der Waals surface area (Å²) in [5, 5.41) is 0.620. The first-order chi connectivity index (χ1) is 17.0. The van der Waals surface area contributed by atoms with Crippen molar-refractivity contribution in [1.82, 2.24) is 14.8 Å². The molecule has 0 spiro atoms. The SMILES string of the molecule is O=C(c1ccc2c(c1)C(=O)N(C1CCCCC1)C2=O)N1CCC(c2nc3cc(Cl)ccc3o2)CC1. The lowest BCUT2D eigenvalue weighted by atomic mass is 9.94. The van der Waals surface area contributed by atoms with Gasteiger partial charge in [0, 0.05) is 35.6 Å². The van der Waals surface area contributed by atoms with E-state index < -0.39 is 0 Å². The Bertz CT molecular complexity index is 1340. The van der Waals surface area contributed by atoms with E-state index in [9.17, 15) is 14.4 Å². The molecule has 1 aromatic heterocycles. The lowest BCUT2D eigenvalue weighted by Crippen LogP contribution is -2.40. The molecule has 3 aliphatic rings. The average Bonchev–Trinajstić information content (AvgIpc) is 3.42. The number of amides is 3. The summed E-state index contributed by atoms with van der Waals surface area (Å²) in [4.78, 5) is 47.1. The number of halogens is 1. The Morgan fingerprint density at radius 3 is 2.43 bits per heavy atom. The van der Waals surface area contributed by atoms with Gasteiger partial charge >= 0.3 is 0 Å². The van der Waals surface area contributed by atoms with E-state index in [1.54, 1.807) is 35.2 Å². The molecule has 0 radical (unpaired) electrons. The highest BCUT2D eigenvalue weighted by molar-refractivity contribution is 6.31. The van der Waals surface area contributed by atoms with Crippen LogP contribution in [-0.2, 0) is 0 Å². The largest absolute Gasteiger partial charge is 0.440 e. The Hall–Kier alpha value is -3.19. The molecule has 180 valence electrons. The van der Waals surface area contributed by atoms with Crippen LogP contribution < -0.4 is 0 Å². The molecule has 1 aliphatic carbocycles. The predicted molar refractivity (Wildman–Crippen MR) is 131 cm³/mol. The number of carbonyl (C=O) groups excluding carboxylic acids is 3. The Balaban J connectivity index is 1.15. The Morgan fingerprint density at radius 1 is 0.914 bits per heavy atom. The summed E-state index contributed by atoms with van der Waals surface area (Å²) >= 11 is 6.06. The van der Waals surface area contributed by atoms with E-state index in [4.69, 9.17) is 16.0 Å². The number of nitrogens with zero attached hydrogens (tertiary/aromatic N) is 3. The molecule has 3 aromatic rings. The first kappa shape index (κ1) is 22.3. The molecule has 3 amide bonds. The number of hydrogen-bond donors (Lipinski definition) is 0. The maximum absolute atomic E-state index is 13.3. The summed E-state index contributed by atoms with van der Waals surface area (Å²) < 4.78 is 5.93. The number of carbonyl (C=O) groups is 3. The molecule has 35 heavy (non-hydrogen) atoms. The first-order valence-corrected chi connectivity index (χ1v) is 12.7. The van der Waals surface area contributed by atoms with Gasteiger partial charge in [-0.15, -0.1) is 0 Å². The van der Waals surface area contributed by atoms with Crippen molar-refractivity contribution in [2.45, 2.75) is 56.9 Å². The number of rotatable bonds is 3. The summed E-state index contributed by atoms with van der Waals surface area (Å²) in [7, 11) is 0. The van der Waals surface area contributed by atoms with Crippen molar-refractivity contribution >= 4 is 40.4 Å². The van der Waals surface area contributed by atoms with Crippen LogP contribution >= 0.6 is 11.6 Å². The molecule has 7 nitrogen and oxygen atoms in total. The molecular formula is C27H26ClN3O4. The number of fused-ring (bicyclic) bond motifs is 2. The highest BCUT2D eigenvalue weighted by Gasteiger charge is 2.40. The Morgan fingerprint density at radius 2 is 1.66 bits per heavy atom. The molecule has 0 atom stereocenters. The molecule has 3 heterocycles. The number of benzene rings is 2. The molecule has 2 aromatic carbocycles. The van der Waals surface area contributed by atoms with Gasteiger partial charge in [-0.1, -0.05) is 30.9 Å². The molecule has 0 unspecified atom stereocenters. The predicted octanol–water partition coefficient (Wildman–Crippen LogP) is 5.43. The van der Waals surface area contributed by atoms with Gasteiger partial charge in [0.05, 0.1) is 11.1 Å². The second-order valence-electron chi connectivity index (χ2n) is 9.76. The van der Waals surface area contributed by atoms with Crippen molar-refractivity contribution in [2.75, 3.05) is 13.1 Å². The van der Waals surface area contributed by atoms with Crippen LogP contribution in [-0.4, -0.2) is 51.6 Å². The third-order valence-corrected chi connectivity index (χ3v) is 7.84. The summed E-state index contributed by atoms with van der Waals surface area (Å²) in [5.74, 6) is 0.205. The number of oxazole rings is 1. The van der Waals surface area contributed by atoms with Gasteiger partial charge in [-0.05, 0) is 62.1 Å². The zero-order valence-corrected chi connectivity index (χ0v) is 20.1. The van der Waals surface area contributed by atoms with Crippen LogP contribution in [0.3, 0.4) is 0 Å². The quantitative estimate of drug-likeness (QED) is 0.456. The van der Waals surface area contributed by atoms with E-state index in [1.807, 2.05) is 6.07 Å². The minimum absolute atomic E-state index is 0.0304. The van der Waals surface area contributed by atoms with Crippen molar-refractivity contribution in [3.05, 3.63) is 64.0 Å². The summed E-state index contributed by atoms with van der Waals surface area (Å²) in [6.07, 6.45) is 6.42. The van der Waals surface area contributed by atoms with Crippen molar-refractivity contribution in [1.29, 1.82) is 0 Å². The standard InChI is InChI=1S/C27H26ClN3O4/c28-18-7-9-23-22(15-18)29-24(35-23)16-10-12-30(13-11-16)25(32)17-6-8-20-21(14-17)27(34)31(26(20)33)19-4-2-1-3-5-19/h6-9,14-16,19H,1-5,10-13H2. The molecule has 1 saturated heterocycles. The molecule has 1 saturated carbocycles. The van der Waals surface area contributed by atoms with E-state index in [0.29, 0.717) is 46.3 Å². The fourth-order valence-electron chi connectivity index (χ4n) is 5.67. The topological polar surface area (TPSA) is 83.7 Å². The maximum Gasteiger partial charge on any atom is 0.261 e. The zero-order valence-electron chi connectivity index (χ0n) is 19.3. The van der Waals surface area contributed by atoms with Gasteiger partial charge in [-0.3, -0.25) is 19.3 Å². The van der Waals surface area contributed by atoms with Crippen LogP contribution in [0.4, 0.5) is 0 Å². The third-order valence-electron chi connectivity index (χ3n) is 7.60. The monoisotopic (exact) mass is 491 g/mol. The van der Waals surface area contributed by atoms with E-state index in [1.165, 1.54) is 4.90 Å². The van der Waals surface area contributed by atoms with Crippen LogP contribution in [0.2, 0.25) is 5.02 Å². The fraction of sp³-hybridized carbons (Fsp3) is 0.407. The maximum atomic E-state index is 13.3. The zero-order chi connectivity index (χ0) is 24.1. The highest BCUT2D eigenvalue weighted by Crippen LogP contribution is 2.33. The minimum atomic E-state index is -0.263. The smallest absolute Gasteiger partial charge is 0.261 e. The van der Waals surface area contributed by atoms with E-state index >= 15 is 0 Å². The molecule has 0 N–H and O–H groups in total. The molecular weight excluding hydrogens is 466 g/mol. The lowest BCUT2D eigenvalue weighted by molar-refractivity contribution is 0.0548. The van der Waals surface area contributed by atoms with Crippen molar-refractivity contribution in [3.63, 3.8) is 0 Å². The van der Waals surface area contributed by atoms with Crippen LogP contribution in [0.5, 0.6) is 0 Å². The van der Waals surface area contributed by atoms with Crippen molar-refractivity contribution < 1.29 is 18.8 Å². The van der Waals surface area contributed by atoms with E-state index in [0.717, 1.165) is 50.5 Å². The first-order valence-electron chi connectivity index (χ1n) is 12.4. The molecule has 0 bridgehead atoms. The Labute approximate surface area is 208 Å². The number of piperidine rings is 1. The van der Waals surface area contributed by atoms with Gasteiger partial charge in [0.1, 0.15) is 5.52 Å². The summed E-state index contributed by atoms with van der Waals surface area (Å²) in [5.41, 5.74) is 2.66. The average molecular weight is 492 g/mol. The molecule has 8 heteroatoms. The third kappa shape index (κ3) is 3.92. The molecule has 2 fully saturated rings. The van der Waals surface area contributed by atoms with Crippen LogP contribution in [0.15, 0.2) is 40.8 Å². The number of imide groups is 1. The van der Waals surface area contributed by atoms with Crippen LogP contribution in [0.25, 0.3) is 11.1 Å². The minimum Gasteiger partial charge on any atom is -0.440 e. The van der Waals surface area contributed by atoms with Crippen molar-refractivity contribution in [3.8, 4) is 0 Å². The summed E-state index contributed by atoms with van der Waals surface area (Å²) in [6, 6.07) is 10.3. The molecule has 2 aliphatic heterocycles. The number of hydrogen-bond acceptors (Lipinski definition) is 5. The highest BCUT2D eigenvalue weighted by atomic mass is 35.5. The van der Waals surface area contributed by atoms with Gasteiger partial charge in [-0.25, -0.2) is 4.98 Å². The number of aromatic nitrogens is 1. The second-order valence-corrected chi connectivity index (χ2v) is 10.2. The van der Waals surface area contributed by atoms with E-state index in [-0.39, 0.29) is 29.7 Å². The van der Waals surface area contributed by atoms with Gasteiger partial charge < -0.3 is 9.32 Å². The lowest BCUT2D eigenvalue weighted by Gasteiger charge is -2.30. The van der Waals surface area contributed by atoms with Gasteiger partial charge in [0.15, 0.2) is 11.5 Å². The second kappa shape index (κ2) is 8.79. The van der Waals surface area contributed by atoms with Crippen LogP contribution in [0, 0.1) is 0 Å². The van der Waals surface area contributed by atoms with E-state index in [2.05, 4.69) is 4.98 Å². The Kier molecular flexibility index (Phi) is 5.60.